The van der Waals surface area contributed by atoms with Crippen LogP contribution in [0.4, 0.5) is 0 Å². The number of hydrogen-bond donors (Lipinski definition) is 2. The van der Waals surface area contributed by atoms with Crippen LogP contribution in [-0.2, 0) is 0 Å². The first-order valence-electron chi connectivity index (χ1n) is 2.26. The standard InChI is InChI=1S/C5H10N2/c1-2-4-7-5-3-6/h7H,3,5-6H2,1H3. The van der Waals surface area contributed by atoms with E-state index < -0.39 is 0 Å². The summed E-state index contributed by atoms with van der Waals surface area (Å²) in [4.78, 5) is 0. The number of nitrogens with two attached hydrogens (primary N) is 1. The molecule has 0 heterocycles. The molecule has 0 aliphatic rings. The quantitative estimate of drug-likeness (QED) is 0.278. The van der Waals surface area contributed by atoms with E-state index in [2.05, 4.69) is 17.3 Å². The van der Waals surface area contributed by atoms with Crippen LogP contribution in [0.3, 0.4) is 0 Å². The van der Waals surface area contributed by atoms with Crippen molar-refractivity contribution >= 4 is 0 Å². The first kappa shape index (κ1) is 6.32. The highest BCUT2D eigenvalue weighted by Gasteiger charge is 1.67. The Bertz CT molecular complexity index is 77.8. The lowest BCUT2D eigenvalue weighted by atomic mass is 10.6. The van der Waals surface area contributed by atoms with E-state index in [-0.39, 0.29) is 0 Å². The molecule has 0 aliphatic heterocycles. The zero-order valence-electron chi connectivity index (χ0n) is 4.49. The molecule has 7 heavy (non-hydrogen) atoms. The van der Waals surface area contributed by atoms with Gasteiger partial charge in [0.05, 0.1) is 0 Å². The van der Waals surface area contributed by atoms with Gasteiger partial charge in [-0.25, -0.2) is 0 Å². The van der Waals surface area contributed by atoms with Gasteiger partial charge in [0.2, 0.25) is 0 Å². The van der Waals surface area contributed by atoms with Gasteiger partial charge in [0, 0.05) is 19.1 Å². The summed E-state index contributed by atoms with van der Waals surface area (Å²) < 4.78 is 0. The largest absolute Gasteiger partial charge is 0.345 e. The van der Waals surface area contributed by atoms with Crippen LogP contribution in [0.25, 0.3) is 0 Å². The molecule has 0 unspecified atom stereocenters. The molecule has 0 radical (unpaired) electrons. The summed E-state index contributed by atoms with van der Waals surface area (Å²) in [5, 5.41) is 2.80. The van der Waals surface area contributed by atoms with Gasteiger partial charge in [0.25, 0.3) is 0 Å². The minimum Gasteiger partial charge on any atom is -0.345 e. The minimum absolute atomic E-state index is 0.648. The van der Waals surface area contributed by atoms with Crippen LogP contribution in [0.2, 0.25) is 0 Å². The lowest BCUT2D eigenvalue weighted by molar-refractivity contribution is 0.864. The molecule has 0 saturated heterocycles. The van der Waals surface area contributed by atoms with Gasteiger partial charge in [-0.15, -0.1) is 0 Å². The van der Waals surface area contributed by atoms with Crippen LogP contribution >= 0.6 is 0 Å². The molecule has 0 aromatic carbocycles. The van der Waals surface area contributed by atoms with Gasteiger partial charge >= 0.3 is 0 Å². The average Bonchev–Trinajstić information content (AvgIpc) is 1.69. The molecule has 2 heteroatoms. The van der Waals surface area contributed by atoms with Crippen molar-refractivity contribution in [1.82, 2.24) is 5.32 Å². The zero-order chi connectivity index (χ0) is 5.54. The van der Waals surface area contributed by atoms with Crippen molar-refractivity contribution in [2.24, 2.45) is 5.73 Å². The van der Waals surface area contributed by atoms with Gasteiger partial charge in [-0.05, 0) is 6.92 Å². The van der Waals surface area contributed by atoms with Gasteiger partial charge in [-0.1, -0.05) is 5.92 Å². The van der Waals surface area contributed by atoms with E-state index in [1.807, 2.05) is 0 Å². The normalized spacial score (nSPS) is 6.57. The molecule has 3 N–H and O–H groups in total. The highest BCUT2D eigenvalue weighted by Crippen LogP contribution is 1.46. The van der Waals surface area contributed by atoms with E-state index in [4.69, 9.17) is 5.73 Å². The summed E-state index contributed by atoms with van der Waals surface area (Å²) in [5.41, 5.74) is 5.14. The predicted molar refractivity (Wildman–Crippen MR) is 30.5 cm³/mol. The second-order valence-electron chi connectivity index (χ2n) is 1.09. The lowest BCUT2D eigenvalue weighted by Crippen LogP contribution is -2.17. The fourth-order valence-electron chi connectivity index (χ4n) is 0.223. The second-order valence-corrected chi connectivity index (χ2v) is 1.09. The van der Waals surface area contributed by atoms with Crippen molar-refractivity contribution in [1.29, 1.82) is 0 Å². The summed E-state index contributed by atoms with van der Waals surface area (Å²) >= 11 is 0. The van der Waals surface area contributed by atoms with E-state index in [1.54, 1.807) is 6.92 Å². The van der Waals surface area contributed by atoms with Crippen LogP contribution in [0.1, 0.15) is 6.92 Å². The van der Waals surface area contributed by atoms with Crippen LogP contribution in [0.15, 0.2) is 0 Å². The Kier molecular flexibility index (Phi) is 4.80. The van der Waals surface area contributed by atoms with Crippen molar-refractivity contribution in [2.45, 2.75) is 6.92 Å². The summed E-state index contributed by atoms with van der Waals surface area (Å²) in [5.74, 6) is 2.69. The average molecular weight is 98.1 g/mol. The summed E-state index contributed by atoms with van der Waals surface area (Å²) in [6.45, 7) is 3.21. The maximum atomic E-state index is 5.14. The molecule has 0 aliphatic carbocycles. The molecule has 0 aromatic heterocycles. The molecule has 0 amide bonds. The first-order chi connectivity index (χ1) is 3.41. The Balaban J connectivity index is 2.78. The number of rotatable bonds is 2. The van der Waals surface area contributed by atoms with E-state index >= 15 is 0 Å². The second kappa shape index (κ2) is 5.32. The molecule has 0 spiro atoms. The van der Waals surface area contributed by atoms with Gasteiger partial charge < -0.3 is 11.1 Å². The van der Waals surface area contributed by atoms with E-state index in [0.717, 1.165) is 6.54 Å². The Hall–Kier alpha value is -0.680. The summed E-state index contributed by atoms with van der Waals surface area (Å²) in [6.07, 6.45) is 0. The number of hydrogen-bond acceptors (Lipinski definition) is 2. The van der Waals surface area contributed by atoms with Crippen molar-refractivity contribution in [2.75, 3.05) is 13.1 Å². The Morgan fingerprint density at radius 3 is 2.86 bits per heavy atom. The van der Waals surface area contributed by atoms with Gasteiger partial charge in [-0.2, -0.15) is 0 Å². The molecular formula is C5H10N2. The highest BCUT2D eigenvalue weighted by molar-refractivity contribution is 4.91. The molecule has 0 fully saturated rings. The predicted octanol–water partition coefficient (Wildman–Crippen LogP) is -0.485. The lowest BCUT2D eigenvalue weighted by Gasteiger charge is -1.87. The monoisotopic (exact) mass is 98.1 g/mol. The SMILES string of the molecule is CC#CNCCN. The van der Waals surface area contributed by atoms with E-state index in [0.29, 0.717) is 6.54 Å². The van der Waals surface area contributed by atoms with Crippen LogP contribution in [0.5, 0.6) is 0 Å². The maximum Gasteiger partial charge on any atom is 0.0352 e. The molecule has 2 nitrogen and oxygen atoms in total. The molecule has 0 aromatic rings. The Labute approximate surface area is 44.1 Å². The summed E-state index contributed by atoms with van der Waals surface area (Å²) in [7, 11) is 0. The molecule has 0 rings (SSSR count). The Morgan fingerprint density at radius 2 is 2.43 bits per heavy atom. The molecule has 0 bridgehead atoms. The van der Waals surface area contributed by atoms with E-state index in [1.165, 1.54) is 0 Å². The van der Waals surface area contributed by atoms with Crippen LogP contribution < -0.4 is 11.1 Å². The smallest absolute Gasteiger partial charge is 0.0352 e. The van der Waals surface area contributed by atoms with Crippen molar-refractivity contribution in [3.63, 3.8) is 0 Å². The van der Waals surface area contributed by atoms with Gasteiger partial charge in [0.1, 0.15) is 0 Å². The fraction of sp³-hybridized carbons (Fsp3) is 0.600. The number of nitrogens with one attached hydrogen (secondary N) is 1. The van der Waals surface area contributed by atoms with Crippen LogP contribution in [-0.4, -0.2) is 13.1 Å². The van der Waals surface area contributed by atoms with Crippen molar-refractivity contribution < 1.29 is 0 Å². The fourth-order valence-corrected chi connectivity index (χ4v) is 0.223. The Morgan fingerprint density at radius 1 is 1.71 bits per heavy atom. The molecule has 0 atom stereocenters. The van der Waals surface area contributed by atoms with Crippen LogP contribution in [0, 0.1) is 12.0 Å². The topological polar surface area (TPSA) is 38.0 Å². The van der Waals surface area contributed by atoms with Crippen molar-refractivity contribution in [3.8, 4) is 12.0 Å². The third-order valence-electron chi connectivity index (χ3n) is 0.483. The maximum absolute atomic E-state index is 5.14. The third kappa shape index (κ3) is 5.32. The summed E-state index contributed by atoms with van der Waals surface area (Å²) in [6, 6.07) is 2.67. The molecule has 0 saturated carbocycles. The van der Waals surface area contributed by atoms with Crippen molar-refractivity contribution in [3.05, 3.63) is 0 Å². The molecule has 40 valence electrons. The van der Waals surface area contributed by atoms with E-state index in [9.17, 15) is 0 Å². The van der Waals surface area contributed by atoms with Gasteiger partial charge in [-0.3, -0.25) is 0 Å². The first-order valence-corrected chi connectivity index (χ1v) is 2.26. The third-order valence-corrected chi connectivity index (χ3v) is 0.483. The van der Waals surface area contributed by atoms with Gasteiger partial charge in [0.15, 0.2) is 0 Å². The zero-order valence-corrected chi connectivity index (χ0v) is 4.49. The highest BCUT2D eigenvalue weighted by atomic mass is 14.8. The minimum atomic E-state index is 0.648. The molecular weight excluding hydrogens is 88.1 g/mol.